The van der Waals surface area contributed by atoms with Gasteiger partial charge in [-0.25, -0.2) is 4.79 Å². The summed E-state index contributed by atoms with van der Waals surface area (Å²) in [5.41, 5.74) is 0.328. The number of carboxylic acids is 1. The van der Waals surface area contributed by atoms with Crippen LogP contribution >= 0.6 is 0 Å². The molecule has 1 aliphatic carbocycles. The largest absolute Gasteiger partial charge is 0.478 e. The van der Waals surface area contributed by atoms with Gasteiger partial charge in [-0.15, -0.1) is 0 Å². The minimum atomic E-state index is -1.14. The van der Waals surface area contributed by atoms with Crippen LogP contribution in [0.15, 0.2) is 18.2 Å². The highest BCUT2D eigenvalue weighted by atomic mass is 16.6. The molecule has 0 bridgehead atoms. The molecule has 1 saturated carbocycles. The molecule has 0 radical (unpaired) electrons. The molecule has 1 fully saturated rings. The first-order valence-electron chi connectivity index (χ1n) is 5.75. The van der Waals surface area contributed by atoms with Crippen molar-refractivity contribution in [2.24, 2.45) is 0 Å². The van der Waals surface area contributed by atoms with Crippen molar-refractivity contribution in [2.45, 2.75) is 25.3 Å². The molecule has 6 heteroatoms. The number of carboxylic acid groups (broad SMARTS) is 1. The predicted octanol–water partition coefficient (Wildman–Crippen LogP) is 2.28. The highest BCUT2D eigenvalue weighted by Crippen LogP contribution is 2.32. The summed E-state index contributed by atoms with van der Waals surface area (Å²) in [7, 11) is 1.83. The van der Waals surface area contributed by atoms with Gasteiger partial charge in [-0.3, -0.25) is 10.1 Å². The maximum absolute atomic E-state index is 11.2. The van der Waals surface area contributed by atoms with Crippen LogP contribution in [0.1, 0.15) is 29.6 Å². The van der Waals surface area contributed by atoms with Gasteiger partial charge in [-0.2, -0.15) is 0 Å². The Kier molecular flexibility index (Phi) is 3.18. The number of nitrogens with zero attached hydrogens (tertiary/aromatic N) is 2. The maximum Gasteiger partial charge on any atom is 0.338 e. The van der Waals surface area contributed by atoms with E-state index in [1.807, 2.05) is 11.9 Å². The average Bonchev–Trinajstić information content (AvgIpc) is 2.25. The Morgan fingerprint density at radius 1 is 1.50 bits per heavy atom. The molecule has 1 aromatic rings. The third-order valence-electron chi connectivity index (χ3n) is 3.42. The third-order valence-corrected chi connectivity index (χ3v) is 3.42. The lowest BCUT2D eigenvalue weighted by molar-refractivity contribution is -0.384. The molecule has 1 aromatic carbocycles. The Morgan fingerprint density at radius 2 is 2.17 bits per heavy atom. The standard InChI is InChI=1S/C12H14N2O4/c1-13(8-3-2-4-8)11-6-5-9(14(17)18)7-10(11)12(15)16/h5-8H,2-4H2,1H3,(H,15,16). The molecule has 1 aliphatic rings. The number of nitro benzene ring substituents is 1. The van der Waals surface area contributed by atoms with E-state index in [2.05, 4.69) is 0 Å². The summed E-state index contributed by atoms with van der Waals surface area (Å²) in [6.07, 6.45) is 3.21. The van der Waals surface area contributed by atoms with Gasteiger partial charge in [-0.05, 0) is 25.3 Å². The van der Waals surface area contributed by atoms with Gasteiger partial charge in [0, 0.05) is 25.2 Å². The number of benzene rings is 1. The molecular formula is C12H14N2O4. The van der Waals surface area contributed by atoms with E-state index >= 15 is 0 Å². The summed E-state index contributed by atoms with van der Waals surface area (Å²) in [6, 6.07) is 4.31. The second-order valence-electron chi connectivity index (χ2n) is 4.46. The molecule has 18 heavy (non-hydrogen) atoms. The van der Waals surface area contributed by atoms with Crippen molar-refractivity contribution >= 4 is 17.3 Å². The van der Waals surface area contributed by atoms with Crippen LogP contribution in [0, 0.1) is 10.1 Å². The molecule has 0 unspecified atom stereocenters. The number of non-ortho nitro benzene ring substituents is 1. The molecule has 0 spiro atoms. The van der Waals surface area contributed by atoms with Gasteiger partial charge >= 0.3 is 5.97 Å². The molecule has 0 aliphatic heterocycles. The fraction of sp³-hybridized carbons (Fsp3) is 0.417. The van der Waals surface area contributed by atoms with Gasteiger partial charge in [0.2, 0.25) is 0 Å². The summed E-state index contributed by atoms with van der Waals surface area (Å²) in [5.74, 6) is -1.14. The van der Waals surface area contributed by atoms with Crippen LogP contribution in [0.4, 0.5) is 11.4 Å². The predicted molar refractivity (Wildman–Crippen MR) is 66.1 cm³/mol. The van der Waals surface area contributed by atoms with Crippen LogP contribution in [-0.4, -0.2) is 29.1 Å². The summed E-state index contributed by atoms with van der Waals surface area (Å²) >= 11 is 0. The number of carbonyl (C=O) groups is 1. The van der Waals surface area contributed by atoms with E-state index in [1.165, 1.54) is 12.1 Å². The van der Waals surface area contributed by atoms with E-state index < -0.39 is 10.9 Å². The fourth-order valence-corrected chi connectivity index (χ4v) is 2.09. The molecule has 0 aromatic heterocycles. The zero-order valence-electron chi connectivity index (χ0n) is 10.00. The molecule has 0 saturated heterocycles. The summed E-state index contributed by atoms with van der Waals surface area (Å²) in [4.78, 5) is 23.2. The lowest BCUT2D eigenvalue weighted by Crippen LogP contribution is -2.37. The zero-order chi connectivity index (χ0) is 13.3. The van der Waals surface area contributed by atoms with Crippen molar-refractivity contribution in [3.8, 4) is 0 Å². The van der Waals surface area contributed by atoms with Gasteiger partial charge in [0.25, 0.3) is 5.69 Å². The van der Waals surface area contributed by atoms with Crippen LogP contribution in [0.25, 0.3) is 0 Å². The lowest BCUT2D eigenvalue weighted by atomic mass is 9.91. The highest BCUT2D eigenvalue weighted by molar-refractivity contribution is 5.95. The van der Waals surface area contributed by atoms with Gasteiger partial charge in [0.1, 0.15) is 0 Å². The normalized spacial score (nSPS) is 14.9. The Bertz CT molecular complexity index is 497. The van der Waals surface area contributed by atoms with Crippen molar-refractivity contribution < 1.29 is 14.8 Å². The smallest absolute Gasteiger partial charge is 0.338 e. The van der Waals surface area contributed by atoms with Crippen LogP contribution in [0.3, 0.4) is 0 Å². The zero-order valence-corrected chi connectivity index (χ0v) is 10.00. The van der Waals surface area contributed by atoms with Crippen LogP contribution in [0.5, 0.6) is 0 Å². The Labute approximate surface area is 104 Å². The maximum atomic E-state index is 11.2. The number of aromatic carboxylic acids is 1. The Morgan fingerprint density at radius 3 is 2.61 bits per heavy atom. The first-order valence-corrected chi connectivity index (χ1v) is 5.75. The summed E-state index contributed by atoms with van der Waals surface area (Å²) in [6.45, 7) is 0. The summed E-state index contributed by atoms with van der Waals surface area (Å²) < 4.78 is 0. The van der Waals surface area contributed by atoms with Crippen molar-refractivity contribution in [1.82, 2.24) is 0 Å². The number of hydrogen-bond donors (Lipinski definition) is 1. The quantitative estimate of drug-likeness (QED) is 0.654. The van der Waals surface area contributed by atoms with Gasteiger partial charge < -0.3 is 10.0 Å². The first kappa shape index (κ1) is 12.3. The van der Waals surface area contributed by atoms with E-state index in [4.69, 9.17) is 5.11 Å². The van der Waals surface area contributed by atoms with Crippen molar-refractivity contribution in [2.75, 3.05) is 11.9 Å². The number of hydrogen-bond acceptors (Lipinski definition) is 4. The fourth-order valence-electron chi connectivity index (χ4n) is 2.09. The van der Waals surface area contributed by atoms with Gasteiger partial charge in [0.05, 0.1) is 16.2 Å². The number of anilines is 1. The first-order chi connectivity index (χ1) is 8.50. The number of rotatable bonds is 4. The van der Waals surface area contributed by atoms with Crippen molar-refractivity contribution in [3.63, 3.8) is 0 Å². The molecule has 0 amide bonds. The second-order valence-corrected chi connectivity index (χ2v) is 4.46. The number of nitro groups is 1. The molecule has 6 nitrogen and oxygen atoms in total. The minimum absolute atomic E-state index is 0.0152. The highest BCUT2D eigenvalue weighted by Gasteiger charge is 2.26. The van der Waals surface area contributed by atoms with E-state index in [0.29, 0.717) is 11.7 Å². The van der Waals surface area contributed by atoms with Gasteiger partial charge in [0.15, 0.2) is 0 Å². The van der Waals surface area contributed by atoms with Crippen molar-refractivity contribution in [3.05, 3.63) is 33.9 Å². The monoisotopic (exact) mass is 250 g/mol. The SMILES string of the molecule is CN(c1ccc([N+](=O)[O-])cc1C(=O)O)C1CCC1. The lowest BCUT2D eigenvalue weighted by Gasteiger charge is -2.36. The Balaban J connectivity index is 2.39. The Hall–Kier alpha value is -2.11. The molecule has 96 valence electrons. The average molecular weight is 250 g/mol. The van der Waals surface area contributed by atoms with E-state index in [-0.39, 0.29) is 11.3 Å². The topological polar surface area (TPSA) is 83.7 Å². The van der Waals surface area contributed by atoms with E-state index in [9.17, 15) is 14.9 Å². The van der Waals surface area contributed by atoms with Gasteiger partial charge in [-0.1, -0.05) is 0 Å². The second kappa shape index (κ2) is 4.64. The van der Waals surface area contributed by atoms with Crippen LogP contribution in [0.2, 0.25) is 0 Å². The molecule has 2 rings (SSSR count). The molecular weight excluding hydrogens is 236 g/mol. The van der Waals surface area contributed by atoms with E-state index in [1.54, 1.807) is 0 Å². The third kappa shape index (κ3) is 2.13. The molecule has 0 heterocycles. The molecule has 0 atom stereocenters. The molecule has 1 N–H and O–H groups in total. The minimum Gasteiger partial charge on any atom is -0.478 e. The van der Waals surface area contributed by atoms with Crippen LogP contribution < -0.4 is 4.90 Å². The van der Waals surface area contributed by atoms with E-state index in [0.717, 1.165) is 25.3 Å². The van der Waals surface area contributed by atoms with Crippen molar-refractivity contribution in [1.29, 1.82) is 0 Å². The summed E-state index contributed by atoms with van der Waals surface area (Å²) in [5, 5.41) is 19.8. The van der Waals surface area contributed by atoms with Crippen LogP contribution in [-0.2, 0) is 0 Å².